The molecule has 1 aromatic carbocycles. The monoisotopic (exact) mass is 188 g/mol. The zero-order valence-electron chi connectivity index (χ0n) is 8.13. The predicted molar refractivity (Wildman–Crippen MR) is 54.5 cm³/mol. The van der Waals surface area contributed by atoms with Gasteiger partial charge in [-0.3, -0.25) is 0 Å². The van der Waals surface area contributed by atoms with E-state index in [9.17, 15) is 0 Å². The highest BCUT2D eigenvalue weighted by molar-refractivity contribution is 5.68. The molecule has 3 heteroatoms. The Labute approximate surface area is 83.3 Å². The second-order valence-corrected chi connectivity index (χ2v) is 3.32. The Kier molecular flexibility index (Phi) is 2.28. The number of benzene rings is 1. The highest BCUT2D eigenvalue weighted by Gasteiger charge is 2.16. The Morgan fingerprint density at radius 2 is 2.36 bits per heavy atom. The van der Waals surface area contributed by atoms with Crippen molar-refractivity contribution in [2.75, 3.05) is 19.0 Å². The highest BCUT2D eigenvalue weighted by Crippen LogP contribution is 2.32. The maximum absolute atomic E-state index is 9.04. The first-order valence-electron chi connectivity index (χ1n) is 4.70. The minimum absolute atomic E-state index is 0.629. The van der Waals surface area contributed by atoms with Gasteiger partial charge in [0.1, 0.15) is 17.4 Å². The lowest BCUT2D eigenvalue weighted by Crippen LogP contribution is -2.13. The SMILES string of the molecule is COc1ccc2c(c1C#N)NCCC2. The Bertz CT molecular complexity index is 393. The summed E-state index contributed by atoms with van der Waals surface area (Å²) in [5, 5.41) is 12.3. The molecule has 1 aliphatic heterocycles. The number of nitriles is 1. The van der Waals surface area contributed by atoms with Crippen molar-refractivity contribution < 1.29 is 4.74 Å². The van der Waals surface area contributed by atoms with Crippen LogP contribution in [0.1, 0.15) is 17.5 Å². The van der Waals surface area contributed by atoms with E-state index in [4.69, 9.17) is 10.00 Å². The fourth-order valence-electron chi connectivity index (χ4n) is 1.81. The number of methoxy groups -OCH3 is 1. The van der Waals surface area contributed by atoms with Crippen molar-refractivity contribution in [2.45, 2.75) is 12.8 Å². The minimum Gasteiger partial charge on any atom is -0.495 e. The van der Waals surface area contributed by atoms with Crippen LogP contribution in [0.4, 0.5) is 5.69 Å². The maximum atomic E-state index is 9.04. The van der Waals surface area contributed by atoms with Crippen molar-refractivity contribution in [1.82, 2.24) is 0 Å². The van der Waals surface area contributed by atoms with Crippen molar-refractivity contribution in [3.63, 3.8) is 0 Å². The molecule has 0 spiro atoms. The van der Waals surface area contributed by atoms with Gasteiger partial charge in [0.25, 0.3) is 0 Å². The molecule has 0 atom stereocenters. The van der Waals surface area contributed by atoms with Crippen molar-refractivity contribution in [2.24, 2.45) is 0 Å². The van der Waals surface area contributed by atoms with E-state index in [0.717, 1.165) is 25.1 Å². The van der Waals surface area contributed by atoms with Crippen LogP contribution in [0.15, 0.2) is 12.1 Å². The van der Waals surface area contributed by atoms with Crippen LogP contribution in [0, 0.1) is 11.3 Å². The van der Waals surface area contributed by atoms with E-state index in [0.29, 0.717) is 11.3 Å². The van der Waals surface area contributed by atoms with E-state index in [2.05, 4.69) is 11.4 Å². The van der Waals surface area contributed by atoms with E-state index in [-0.39, 0.29) is 0 Å². The molecule has 72 valence electrons. The fourth-order valence-corrected chi connectivity index (χ4v) is 1.81. The molecule has 0 bridgehead atoms. The maximum Gasteiger partial charge on any atom is 0.138 e. The number of hydrogen-bond donors (Lipinski definition) is 1. The van der Waals surface area contributed by atoms with E-state index < -0.39 is 0 Å². The van der Waals surface area contributed by atoms with Crippen LogP contribution < -0.4 is 10.1 Å². The van der Waals surface area contributed by atoms with Crippen molar-refractivity contribution in [3.05, 3.63) is 23.3 Å². The molecule has 0 aliphatic carbocycles. The number of anilines is 1. The van der Waals surface area contributed by atoms with Gasteiger partial charge in [0.05, 0.1) is 12.8 Å². The fraction of sp³-hybridized carbons (Fsp3) is 0.364. The second-order valence-electron chi connectivity index (χ2n) is 3.32. The third-order valence-electron chi connectivity index (χ3n) is 2.51. The molecule has 2 rings (SSSR count). The van der Waals surface area contributed by atoms with Gasteiger partial charge in [0, 0.05) is 6.54 Å². The Morgan fingerprint density at radius 3 is 3.07 bits per heavy atom. The molecule has 3 nitrogen and oxygen atoms in total. The molecule has 0 saturated heterocycles. The largest absolute Gasteiger partial charge is 0.495 e. The zero-order valence-corrected chi connectivity index (χ0v) is 8.13. The Morgan fingerprint density at radius 1 is 1.50 bits per heavy atom. The van der Waals surface area contributed by atoms with Gasteiger partial charge in [-0.15, -0.1) is 0 Å². The Hall–Kier alpha value is -1.69. The van der Waals surface area contributed by atoms with Gasteiger partial charge in [0.15, 0.2) is 0 Å². The van der Waals surface area contributed by atoms with Crippen LogP contribution in [0.25, 0.3) is 0 Å². The number of fused-ring (bicyclic) bond motifs is 1. The lowest BCUT2D eigenvalue weighted by Gasteiger charge is -2.20. The van der Waals surface area contributed by atoms with Crippen LogP contribution >= 0.6 is 0 Å². The Balaban J connectivity index is 2.57. The standard InChI is InChI=1S/C11H12N2O/c1-14-10-5-4-8-3-2-6-13-11(8)9(10)7-12/h4-5,13H,2-3,6H2,1H3. The molecular weight excluding hydrogens is 176 g/mol. The molecule has 0 saturated carbocycles. The van der Waals surface area contributed by atoms with Gasteiger partial charge < -0.3 is 10.1 Å². The van der Waals surface area contributed by atoms with Gasteiger partial charge in [-0.25, -0.2) is 0 Å². The molecule has 0 fully saturated rings. The summed E-state index contributed by atoms with van der Waals surface area (Å²) in [4.78, 5) is 0. The summed E-state index contributed by atoms with van der Waals surface area (Å²) in [6, 6.07) is 6.08. The van der Waals surface area contributed by atoms with Crippen LogP contribution in [-0.2, 0) is 6.42 Å². The first-order valence-corrected chi connectivity index (χ1v) is 4.70. The van der Waals surface area contributed by atoms with Gasteiger partial charge in [-0.05, 0) is 24.5 Å². The predicted octanol–water partition coefficient (Wildman–Crippen LogP) is 1.92. The van der Waals surface area contributed by atoms with Crippen LogP contribution in [-0.4, -0.2) is 13.7 Å². The average molecular weight is 188 g/mol. The second kappa shape index (κ2) is 3.59. The van der Waals surface area contributed by atoms with Crippen molar-refractivity contribution >= 4 is 5.69 Å². The number of aryl methyl sites for hydroxylation is 1. The third-order valence-corrected chi connectivity index (χ3v) is 2.51. The molecule has 14 heavy (non-hydrogen) atoms. The molecule has 0 unspecified atom stereocenters. The molecule has 0 amide bonds. The quantitative estimate of drug-likeness (QED) is 0.732. The molecule has 0 radical (unpaired) electrons. The van der Waals surface area contributed by atoms with E-state index >= 15 is 0 Å². The molecule has 1 aromatic rings. The van der Waals surface area contributed by atoms with Crippen molar-refractivity contribution in [3.8, 4) is 11.8 Å². The lowest BCUT2D eigenvalue weighted by molar-refractivity contribution is 0.413. The first-order chi connectivity index (χ1) is 6.86. The molecule has 1 N–H and O–H groups in total. The summed E-state index contributed by atoms with van der Waals surface area (Å²) < 4.78 is 5.14. The summed E-state index contributed by atoms with van der Waals surface area (Å²) in [6.45, 7) is 0.939. The number of hydrogen-bond acceptors (Lipinski definition) is 3. The van der Waals surface area contributed by atoms with Crippen LogP contribution in [0.3, 0.4) is 0 Å². The van der Waals surface area contributed by atoms with E-state index in [1.165, 1.54) is 5.56 Å². The third kappa shape index (κ3) is 1.29. The normalized spacial score (nSPS) is 13.7. The van der Waals surface area contributed by atoms with Gasteiger partial charge >= 0.3 is 0 Å². The smallest absolute Gasteiger partial charge is 0.138 e. The number of ether oxygens (including phenoxy) is 1. The summed E-state index contributed by atoms with van der Waals surface area (Å²) in [6.07, 6.45) is 2.17. The molecule has 0 aromatic heterocycles. The summed E-state index contributed by atoms with van der Waals surface area (Å²) in [5.74, 6) is 0.653. The molecule has 1 aliphatic rings. The van der Waals surface area contributed by atoms with Gasteiger partial charge in [-0.1, -0.05) is 6.07 Å². The van der Waals surface area contributed by atoms with E-state index in [1.807, 2.05) is 12.1 Å². The van der Waals surface area contributed by atoms with Crippen LogP contribution in [0.5, 0.6) is 5.75 Å². The van der Waals surface area contributed by atoms with Crippen molar-refractivity contribution in [1.29, 1.82) is 5.26 Å². The highest BCUT2D eigenvalue weighted by atomic mass is 16.5. The number of nitrogens with one attached hydrogen (secondary N) is 1. The number of nitrogens with zero attached hydrogens (tertiary/aromatic N) is 1. The summed E-state index contributed by atoms with van der Waals surface area (Å²) in [5.41, 5.74) is 2.80. The summed E-state index contributed by atoms with van der Waals surface area (Å²) >= 11 is 0. The summed E-state index contributed by atoms with van der Waals surface area (Å²) in [7, 11) is 1.59. The van der Waals surface area contributed by atoms with Crippen LogP contribution in [0.2, 0.25) is 0 Å². The molecule has 1 heterocycles. The van der Waals surface area contributed by atoms with Gasteiger partial charge in [0.2, 0.25) is 0 Å². The lowest BCUT2D eigenvalue weighted by atomic mass is 9.99. The first kappa shape index (κ1) is 8.89. The van der Waals surface area contributed by atoms with E-state index in [1.54, 1.807) is 7.11 Å². The zero-order chi connectivity index (χ0) is 9.97. The van der Waals surface area contributed by atoms with Gasteiger partial charge in [-0.2, -0.15) is 5.26 Å². The number of rotatable bonds is 1. The average Bonchev–Trinajstić information content (AvgIpc) is 2.27. The molecular formula is C11H12N2O. The minimum atomic E-state index is 0.629. The topological polar surface area (TPSA) is 45.0 Å².